The molecule has 0 saturated carbocycles. The summed E-state index contributed by atoms with van der Waals surface area (Å²) in [6.07, 6.45) is 6.48. The molecular formula is C23H28N6O. The normalized spacial score (nSPS) is 16.3. The molecule has 7 heteroatoms. The van der Waals surface area contributed by atoms with E-state index in [0.29, 0.717) is 5.92 Å². The van der Waals surface area contributed by atoms with Crippen molar-refractivity contribution in [3.63, 3.8) is 0 Å². The highest BCUT2D eigenvalue weighted by Gasteiger charge is 2.22. The number of hydrogen-bond donors (Lipinski definition) is 1. The van der Waals surface area contributed by atoms with Crippen LogP contribution in [-0.2, 0) is 4.79 Å². The summed E-state index contributed by atoms with van der Waals surface area (Å²) in [6, 6.07) is 12.2. The fraction of sp³-hybridized carbons (Fsp3) is 0.348. The molecule has 1 saturated heterocycles. The number of nitrogens with one attached hydrogen (secondary N) is 1. The summed E-state index contributed by atoms with van der Waals surface area (Å²) in [4.78, 5) is 20.9. The Labute approximate surface area is 177 Å². The van der Waals surface area contributed by atoms with Gasteiger partial charge in [0, 0.05) is 29.8 Å². The van der Waals surface area contributed by atoms with Gasteiger partial charge in [0.05, 0.1) is 18.1 Å². The molecule has 7 nitrogen and oxygen atoms in total. The Kier molecular flexibility index (Phi) is 7.57. The van der Waals surface area contributed by atoms with Gasteiger partial charge in [-0.25, -0.2) is 9.97 Å². The van der Waals surface area contributed by atoms with E-state index in [9.17, 15) is 0 Å². The molecule has 1 aliphatic heterocycles. The lowest BCUT2D eigenvalue weighted by molar-refractivity contribution is -0.106. The highest BCUT2D eigenvalue weighted by atomic mass is 16.1. The predicted octanol–water partition coefficient (Wildman–Crippen LogP) is 4.00. The van der Waals surface area contributed by atoms with Crippen molar-refractivity contribution in [1.82, 2.24) is 25.1 Å². The van der Waals surface area contributed by atoms with Crippen molar-refractivity contribution < 1.29 is 4.79 Å². The number of aldehydes is 1. The number of hydrogen-bond acceptors (Lipinski definition) is 7. The van der Waals surface area contributed by atoms with Crippen LogP contribution in [0, 0.1) is 6.92 Å². The zero-order valence-corrected chi connectivity index (χ0v) is 17.7. The van der Waals surface area contributed by atoms with E-state index in [0.717, 1.165) is 54.4 Å². The molecule has 1 aromatic carbocycles. The first-order chi connectivity index (χ1) is 14.6. The van der Waals surface area contributed by atoms with E-state index in [1.807, 2.05) is 18.2 Å². The van der Waals surface area contributed by atoms with E-state index in [2.05, 4.69) is 52.6 Å². The maximum Gasteiger partial charge on any atom is 0.135 e. The Balaban J connectivity index is 0.000000806. The molecule has 0 bridgehead atoms. The second-order valence-electron chi connectivity index (χ2n) is 7.46. The van der Waals surface area contributed by atoms with Crippen LogP contribution < -0.4 is 5.32 Å². The number of piperidine rings is 1. The summed E-state index contributed by atoms with van der Waals surface area (Å²) in [6.45, 7) is 5.66. The maximum absolute atomic E-state index is 8.81. The Morgan fingerprint density at radius 1 is 1.17 bits per heavy atom. The molecule has 30 heavy (non-hydrogen) atoms. The van der Waals surface area contributed by atoms with Crippen molar-refractivity contribution in [1.29, 1.82) is 0 Å². The van der Waals surface area contributed by atoms with Crippen LogP contribution in [0.1, 0.15) is 37.1 Å². The second kappa shape index (κ2) is 10.5. The summed E-state index contributed by atoms with van der Waals surface area (Å²) in [5.41, 5.74) is 4.06. The number of carbonyl (C=O) groups excluding carboxylic acids is 1. The first-order valence-corrected chi connectivity index (χ1v) is 10.2. The molecule has 0 amide bonds. The third-order valence-electron chi connectivity index (χ3n) is 4.90. The third kappa shape index (κ3) is 5.90. The summed E-state index contributed by atoms with van der Waals surface area (Å²) < 4.78 is 0. The number of likely N-dealkylation sites (N-methyl/N-ethyl adjacent to an activating group) is 1. The summed E-state index contributed by atoms with van der Waals surface area (Å²) in [7, 11) is 2.16. The number of benzene rings is 1. The van der Waals surface area contributed by atoms with E-state index in [-0.39, 0.29) is 0 Å². The van der Waals surface area contributed by atoms with Gasteiger partial charge in [0.25, 0.3) is 0 Å². The number of anilines is 2. The fourth-order valence-corrected chi connectivity index (χ4v) is 3.55. The Bertz CT molecular complexity index is 963. The number of likely N-dealkylation sites (tertiary alicyclic amines) is 1. The van der Waals surface area contributed by atoms with Gasteiger partial charge in [-0.2, -0.15) is 10.2 Å². The largest absolute Gasteiger partial charge is 0.340 e. The molecule has 0 spiro atoms. The third-order valence-corrected chi connectivity index (χ3v) is 4.90. The van der Waals surface area contributed by atoms with Crippen molar-refractivity contribution >= 4 is 17.8 Å². The first-order valence-electron chi connectivity index (χ1n) is 10.2. The van der Waals surface area contributed by atoms with Gasteiger partial charge in [0.2, 0.25) is 0 Å². The van der Waals surface area contributed by atoms with Gasteiger partial charge in [0.1, 0.15) is 17.9 Å². The van der Waals surface area contributed by atoms with Gasteiger partial charge in [0.15, 0.2) is 0 Å². The van der Waals surface area contributed by atoms with Crippen molar-refractivity contribution in [2.45, 2.75) is 32.6 Å². The zero-order chi connectivity index (χ0) is 21.3. The fourth-order valence-electron chi connectivity index (χ4n) is 3.55. The quantitative estimate of drug-likeness (QED) is 0.658. The lowest BCUT2D eigenvalue weighted by atomic mass is 9.97. The van der Waals surface area contributed by atoms with E-state index >= 15 is 0 Å². The van der Waals surface area contributed by atoms with Crippen LogP contribution >= 0.6 is 0 Å². The van der Waals surface area contributed by atoms with E-state index < -0.39 is 0 Å². The minimum atomic E-state index is 0.344. The van der Waals surface area contributed by atoms with E-state index in [1.165, 1.54) is 18.9 Å². The molecule has 3 aromatic rings. The highest BCUT2D eigenvalue weighted by Crippen LogP contribution is 2.28. The molecule has 156 valence electrons. The average molecular weight is 405 g/mol. The molecule has 1 fully saturated rings. The maximum atomic E-state index is 8.81. The van der Waals surface area contributed by atoms with Crippen molar-refractivity contribution in [3.05, 3.63) is 60.2 Å². The van der Waals surface area contributed by atoms with Crippen LogP contribution in [0.25, 0.3) is 11.3 Å². The molecule has 0 radical (unpaired) electrons. The summed E-state index contributed by atoms with van der Waals surface area (Å²) in [5, 5.41) is 11.3. The molecule has 3 heterocycles. The average Bonchev–Trinajstić information content (AvgIpc) is 2.75. The van der Waals surface area contributed by atoms with Gasteiger partial charge < -0.3 is 15.0 Å². The first kappa shape index (κ1) is 21.5. The molecule has 1 atom stereocenters. The van der Waals surface area contributed by atoms with E-state index in [1.54, 1.807) is 12.4 Å². The van der Waals surface area contributed by atoms with E-state index in [4.69, 9.17) is 14.8 Å². The van der Waals surface area contributed by atoms with Crippen LogP contribution in [-0.4, -0.2) is 51.5 Å². The zero-order valence-electron chi connectivity index (χ0n) is 17.7. The molecule has 1 aliphatic rings. The minimum absolute atomic E-state index is 0.344. The number of carbonyl (C=O) groups is 1. The lowest BCUT2D eigenvalue weighted by Crippen LogP contribution is -2.31. The van der Waals surface area contributed by atoms with Gasteiger partial charge in [-0.3, -0.25) is 0 Å². The number of aryl methyl sites for hydroxylation is 1. The number of aromatic nitrogens is 4. The predicted molar refractivity (Wildman–Crippen MR) is 119 cm³/mol. The Morgan fingerprint density at radius 2 is 2.00 bits per heavy atom. The molecule has 1 N–H and O–H groups in total. The van der Waals surface area contributed by atoms with Crippen molar-refractivity contribution in [2.75, 3.05) is 25.5 Å². The van der Waals surface area contributed by atoms with Crippen molar-refractivity contribution in [3.8, 4) is 11.3 Å². The van der Waals surface area contributed by atoms with Crippen LogP contribution in [0.3, 0.4) is 0 Å². The monoisotopic (exact) mass is 404 g/mol. The smallest absolute Gasteiger partial charge is 0.135 e. The molecule has 2 aromatic heterocycles. The lowest BCUT2D eigenvalue weighted by Gasteiger charge is -2.29. The Morgan fingerprint density at radius 3 is 2.70 bits per heavy atom. The van der Waals surface area contributed by atoms with Gasteiger partial charge in [-0.05, 0) is 64.0 Å². The van der Waals surface area contributed by atoms with Gasteiger partial charge in [-0.1, -0.05) is 12.1 Å². The van der Waals surface area contributed by atoms with Gasteiger partial charge in [-0.15, -0.1) is 0 Å². The number of rotatable bonds is 4. The number of nitrogens with zero attached hydrogens (tertiary/aromatic N) is 5. The topological polar surface area (TPSA) is 83.9 Å². The molecular weight excluding hydrogens is 376 g/mol. The van der Waals surface area contributed by atoms with Gasteiger partial charge >= 0.3 is 0 Å². The van der Waals surface area contributed by atoms with Crippen LogP contribution in [0.5, 0.6) is 0 Å². The highest BCUT2D eigenvalue weighted by molar-refractivity contribution is 5.65. The molecule has 0 aliphatic carbocycles. The molecule has 1 unspecified atom stereocenters. The van der Waals surface area contributed by atoms with Crippen LogP contribution in [0.4, 0.5) is 11.5 Å². The SMILES string of the molecule is CC=O.Cc1cccc(Nc2cc(-c3ccnnc3)nc(C3CCCN(C)C3)n2)c1. The summed E-state index contributed by atoms with van der Waals surface area (Å²) >= 11 is 0. The van der Waals surface area contributed by atoms with Crippen molar-refractivity contribution in [2.24, 2.45) is 0 Å². The van der Waals surface area contributed by atoms with Crippen LogP contribution in [0.2, 0.25) is 0 Å². The Hall–Kier alpha value is -3.19. The van der Waals surface area contributed by atoms with Crippen LogP contribution in [0.15, 0.2) is 48.8 Å². The minimum Gasteiger partial charge on any atom is -0.340 e. The second-order valence-corrected chi connectivity index (χ2v) is 7.46. The summed E-state index contributed by atoms with van der Waals surface area (Å²) in [5.74, 6) is 2.05. The standard InChI is InChI=1S/C21H24N6.C2H4O/c1-15-5-3-7-18(11-15)24-20-12-19(16-8-9-22-23-13-16)25-21(26-20)17-6-4-10-27(2)14-17;1-2-3/h3,5,7-9,11-13,17H,4,6,10,14H2,1-2H3,(H,24,25,26);2H,1H3. The molecule has 4 rings (SSSR count).